The highest BCUT2D eigenvalue weighted by atomic mass is 35.5. The molecule has 0 aliphatic heterocycles. The fraction of sp³-hybridized carbons (Fsp3) is 0.533. The molecule has 0 spiro atoms. The summed E-state index contributed by atoms with van der Waals surface area (Å²) < 4.78 is 2.16. The van der Waals surface area contributed by atoms with Crippen molar-refractivity contribution in [2.24, 2.45) is 0 Å². The van der Waals surface area contributed by atoms with Crippen LogP contribution >= 0.6 is 23.2 Å². The molecule has 3 rings (SSSR count). The van der Waals surface area contributed by atoms with Gasteiger partial charge in [0.15, 0.2) is 11.6 Å². The first-order valence-electron chi connectivity index (χ1n) is 14.0. The Balaban J connectivity index is 1.50. The number of hydrogen-bond donors (Lipinski definition) is 2. The molecule has 0 saturated carbocycles. The summed E-state index contributed by atoms with van der Waals surface area (Å²) >= 11 is 12.3. The van der Waals surface area contributed by atoms with E-state index in [0.29, 0.717) is 21.4 Å². The number of unbranched alkanes of at least 4 members (excludes halogenated alkanes) is 13. The van der Waals surface area contributed by atoms with Crippen molar-refractivity contribution in [3.63, 3.8) is 0 Å². The van der Waals surface area contributed by atoms with Gasteiger partial charge in [-0.25, -0.2) is 0 Å². The first-order chi connectivity index (χ1) is 18.0. The fourth-order valence-electron chi connectivity index (χ4n) is 4.77. The van der Waals surface area contributed by atoms with Crippen LogP contribution in [0.15, 0.2) is 36.4 Å². The summed E-state index contributed by atoms with van der Waals surface area (Å²) in [5, 5.41) is 10.1. The minimum absolute atomic E-state index is 0.530. The SMILES string of the molecule is CCCCCCCCCCCCCCCCn1c(-c2ccc(Cl)c(N)c2)nnc1-c1ccc(Cl)c(N)c1. The van der Waals surface area contributed by atoms with Crippen LogP contribution in [0.1, 0.15) is 96.8 Å². The maximum absolute atomic E-state index is 6.15. The van der Waals surface area contributed by atoms with E-state index in [4.69, 9.17) is 34.7 Å². The molecule has 0 aliphatic carbocycles. The largest absolute Gasteiger partial charge is 0.398 e. The number of rotatable bonds is 17. The van der Waals surface area contributed by atoms with E-state index in [1.165, 1.54) is 83.5 Å². The molecule has 1 heterocycles. The van der Waals surface area contributed by atoms with Crippen LogP contribution in [0.5, 0.6) is 0 Å². The monoisotopic (exact) mass is 543 g/mol. The molecule has 2 aromatic carbocycles. The molecule has 0 amide bonds. The molecule has 0 saturated heterocycles. The predicted molar refractivity (Wildman–Crippen MR) is 160 cm³/mol. The molecular formula is C30H43Cl2N5. The molecule has 0 bridgehead atoms. The lowest BCUT2D eigenvalue weighted by Crippen LogP contribution is -2.04. The van der Waals surface area contributed by atoms with Crippen LogP contribution in [0, 0.1) is 0 Å². The molecule has 37 heavy (non-hydrogen) atoms. The van der Waals surface area contributed by atoms with Crippen molar-refractivity contribution >= 4 is 34.6 Å². The third kappa shape index (κ3) is 9.22. The lowest BCUT2D eigenvalue weighted by molar-refractivity contribution is 0.525. The molecule has 1 aromatic heterocycles. The molecule has 5 nitrogen and oxygen atoms in total. The Morgan fingerprint density at radius 1 is 0.595 bits per heavy atom. The van der Waals surface area contributed by atoms with Crippen molar-refractivity contribution in [1.82, 2.24) is 14.8 Å². The first-order valence-corrected chi connectivity index (χ1v) is 14.8. The summed E-state index contributed by atoms with van der Waals surface area (Å²) in [7, 11) is 0. The van der Waals surface area contributed by atoms with E-state index in [-0.39, 0.29) is 0 Å². The van der Waals surface area contributed by atoms with Crippen molar-refractivity contribution in [2.75, 3.05) is 11.5 Å². The van der Waals surface area contributed by atoms with E-state index in [1.54, 1.807) is 12.1 Å². The second kappa shape index (κ2) is 15.9. The van der Waals surface area contributed by atoms with Crippen LogP contribution in [-0.2, 0) is 6.54 Å². The zero-order chi connectivity index (χ0) is 26.5. The molecule has 7 heteroatoms. The molecule has 4 N–H and O–H groups in total. The van der Waals surface area contributed by atoms with Gasteiger partial charge in [0.05, 0.1) is 21.4 Å². The molecule has 0 unspecified atom stereocenters. The highest BCUT2D eigenvalue weighted by Gasteiger charge is 2.17. The Hall–Kier alpha value is -2.24. The second-order valence-corrected chi connectivity index (χ2v) is 10.9. The zero-order valence-corrected chi connectivity index (χ0v) is 23.8. The Kier molecular flexibility index (Phi) is 12.6. The van der Waals surface area contributed by atoms with Gasteiger partial charge in [-0.05, 0) is 42.8 Å². The number of halogens is 2. The third-order valence-electron chi connectivity index (χ3n) is 6.99. The summed E-state index contributed by atoms with van der Waals surface area (Å²) in [4.78, 5) is 0. The van der Waals surface area contributed by atoms with Gasteiger partial charge in [0.25, 0.3) is 0 Å². The third-order valence-corrected chi connectivity index (χ3v) is 7.68. The summed E-state index contributed by atoms with van der Waals surface area (Å²) in [6.45, 7) is 3.10. The first kappa shape index (κ1) is 29.3. The Bertz CT molecular complexity index is 1030. The number of anilines is 2. The van der Waals surface area contributed by atoms with Gasteiger partial charge >= 0.3 is 0 Å². The van der Waals surface area contributed by atoms with Gasteiger partial charge in [-0.2, -0.15) is 0 Å². The average molecular weight is 545 g/mol. The quantitative estimate of drug-likeness (QED) is 0.131. The topological polar surface area (TPSA) is 82.8 Å². The standard InChI is InChI=1S/C30H43Cl2N5/c1-2-3-4-5-6-7-8-9-10-11-12-13-14-15-20-37-29(23-16-18-25(31)27(33)21-23)35-36-30(37)24-17-19-26(32)28(34)22-24/h16-19,21-22H,2-15,20,33-34H2,1H3. The molecule has 0 atom stereocenters. The van der Waals surface area contributed by atoms with Gasteiger partial charge in [-0.15, -0.1) is 10.2 Å². The van der Waals surface area contributed by atoms with Gasteiger partial charge in [0.2, 0.25) is 0 Å². The lowest BCUT2D eigenvalue weighted by atomic mass is 10.0. The number of nitrogen functional groups attached to an aromatic ring is 2. The van der Waals surface area contributed by atoms with Crippen LogP contribution in [0.2, 0.25) is 10.0 Å². The van der Waals surface area contributed by atoms with Crippen molar-refractivity contribution in [3.05, 3.63) is 46.4 Å². The molecular weight excluding hydrogens is 501 g/mol. The summed E-state index contributed by atoms with van der Waals surface area (Å²) in [6, 6.07) is 11.2. The van der Waals surface area contributed by atoms with E-state index in [1.807, 2.05) is 24.3 Å². The van der Waals surface area contributed by atoms with E-state index in [2.05, 4.69) is 21.7 Å². The number of benzene rings is 2. The van der Waals surface area contributed by atoms with E-state index < -0.39 is 0 Å². The van der Waals surface area contributed by atoms with Crippen LogP contribution in [-0.4, -0.2) is 14.8 Å². The zero-order valence-electron chi connectivity index (χ0n) is 22.3. The summed E-state index contributed by atoms with van der Waals surface area (Å²) in [5.41, 5.74) is 15.0. The maximum atomic E-state index is 6.15. The minimum Gasteiger partial charge on any atom is -0.398 e. The van der Waals surface area contributed by atoms with Crippen molar-refractivity contribution in [1.29, 1.82) is 0 Å². The molecule has 0 fully saturated rings. The van der Waals surface area contributed by atoms with Crippen molar-refractivity contribution < 1.29 is 0 Å². The molecule has 202 valence electrons. The lowest BCUT2D eigenvalue weighted by Gasteiger charge is -2.12. The highest BCUT2D eigenvalue weighted by Crippen LogP contribution is 2.31. The fourth-order valence-corrected chi connectivity index (χ4v) is 5.01. The summed E-state index contributed by atoms with van der Waals surface area (Å²) in [6.07, 6.45) is 18.7. The predicted octanol–water partition coefficient (Wildman–Crippen LogP) is 9.56. The number of nitrogens with zero attached hydrogens (tertiary/aromatic N) is 3. The molecule has 0 aliphatic rings. The van der Waals surface area contributed by atoms with Crippen molar-refractivity contribution in [3.8, 4) is 22.8 Å². The van der Waals surface area contributed by atoms with Gasteiger partial charge in [0, 0.05) is 17.7 Å². The maximum Gasteiger partial charge on any atom is 0.164 e. The van der Waals surface area contributed by atoms with Crippen molar-refractivity contribution in [2.45, 2.75) is 103 Å². The van der Waals surface area contributed by atoms with E-state index in [0.717, 1.165) is 35.7 Å². The minimum atomic E-state index is 0.530. The van der Waals surface area contributed by atoms with Crippen LogP contribution in [0.25, 0.3) is 22.8 Å². The number of nitrogens with two attached hydrogens (primary N) is 2. The number of hydrogen-bond acceptors (Lipinski definition) is 4. The second-order valence-electron chi connectivity index (χ2n) is 10.1. The van der Waals surface area contributed by atoms with Crippen LogP contribution < -0.4 is 11.5 Å². The Morgan fingerprint density at radius 3 is 1.35 bits per heavy atom. The highest BCUT2D eigenvalue weighted by molar-refractivity contribution is 6.33. The average Bonchev–Trinajstić information content (AvgIpc) is 3.31. The van der Waals surface area contributed by atoms with Crippen LogP contribution in [0.4, 0.5) is 11.4 Å². The van der Waals surface area contributed by atoms with Gasteiger partial charge in [0.1, 0.15) is 0 Å². The number of aromatic nitrogens is 3. The smallest absolute Gasteiger partial charge is 0.164 e. The van der Waals surface area contributed by atoms with Gasteiger partial charge in [-0.1, -0.05) is 114 Å². The molecule has 0 radical (unpaired) electrons. The normalized spacial score (nSPS) is 11.3. The van der Waals surface area contributed by atoms with E-state index in [9.17, 15) is 0 Å². The van der Waals surface area contributed by atoms with Crippen LogP contribution in [0.3, 0.4) is 0 Å². The Labute approximate surface area is 232 Å². The Morgan fingerprint density at radius 2 is 0.973 bits per heavy atom. The summed E-state index contributed by atoms with van der Waals surface area (Å²) in [5.74, 6) is 1.56. The van der Waals surface area contributed by atoms with E-state index >= 15 is 0 Å². The van der Waals surface area contributed by atoms with Gasteiger partial charge in [-0.3, -0.25) is 0 Å². The molecule has 3 aromatic rings. The van der Waals surface area contributed by atoms with Gasteiger partial charge < -0.3 is 16.0 Å².